The van der Waals surface area contributed by atoms with Gasteiger partial charge in [0.25, 0.3) is 0 Å². The van der Waals surface area contributed by atoms with E-state index in [4.69, 9.17) is 33.4 Å². The Morgan fingerprint density at radius 1 is 1.00 bits per heavy atom. The number of rotatable bonds is 3. The predicted molar refractivity (Wildman–Crippen MR) is 61.6 cm³/mol. The van der Waals surface area contributed by atoms with E-state index in [0.29, 0.717) is 0 Å². The Kier molecular flexibility index (Phi) is 6.36. The number of hydrogen-bond donors (Lipinski definition) is 2. The van der Waals surface area contributed by atoms with Crippen molar-refractivity contribution < 1.29 is 19.8 Å². The van der Waals surface area contributed by atoms with Crippen molar-refractivity contribution in [3.8, 4) is 0 Å². The van der Waals surface area contributed by atoms with Crippen molar-refractivity contribution in [3.05, 3.63) is 33.8 Å². The first-order valence-corrected chi connectivity index (χ1v) is 4.59. The summed E-state index contributed by atoms with van der Waals surface area (Å²) in [5.41, 5.74) is 0.0486. The molecule has 0 heterocycles. The molecule has 0 radical (unpaired) electrons. The van der Waals surface area contributed by atoms with Gasteiger partial charge in [0.05, 0.1) is 0 Å². The van der Waals surface area contributed by atoms with Gasteiger partial charge in [0, 0.05) is 10.0 Å². The van der Waals surface area contributed by atoms with Crippen LogP contribution in [-0.2, 0) is 9.59 Å². The van der Waals surface area contributed by atoms with E-state index in [1.165, 1.54) is 18.2 Å². The second-order valence-electron chi connectivity index (χ2n) is 2.81. The van der Waals surface area contributed by atoms with Crippen molar-refractivity contribution in [1.29, 1.82) is 0 Å². The van der Waals surface area contributed by atoms with Crippen molar-refractivity contribution in [2.45, 2.75) is 5.92 Å². The van der Waals surface area contributed by atoms with E-state index >= 15 is 0 Å². The molecule has 4 nitrogen and oxygen atoms in total. The van der Waals surface area contributed by atoms with Gasteiger partial charge in [-0.1, -0.05) is 23.2 Å². The molecule has 0 aliphatic carbocycles. The van der Waals surface area contributed by atoms with E-state index in [1.54, 1.807) is 0 Å². The Labute approximate surface area is 123 Å². The first kappa shape index (κ1) is 15.7. The molecule has 0 saturated heterocycles. The van der Waals surface area contributed by atoms with Gasteiger partial charge in [-0.15, -0.1) is 0 Å². The second-order valence-corrected chi connectivity index (χ2v) is 3.69. The minimum atomic E-state index is -1.65. The summed E-state index contributed by atoms with van der Waals surface area (Å²) in [5, 5.41) is 17.8. The molecule has 0 saturated carbocycles. The van der Waals surface area contributed by atoms with Crippen molar-refractivity contribution in [2.24, 2.45) is 0 Å². The first-order chi connectivity index (χ1) is 6.91. The normalized spacial score (nSPS) is 9.69. The van der Waals surface area contributed by atoms with Gasteiger partial charge < -0.3 is 10.2 Å². The fourth-order valence-electron chi connectivity index (χ4n) is 1.13. The van der Waals surface area contributed by atoms with Crippen LogP contribution >= 0.6 is 23.2 Å². The minimum absolute atomic E-state index is 0. The topological polar surface area (TPSA) is 74.6 Å². The third-order valence-corrected chi connectivity index (χ3v) is 2.15. The summed E-state index contributed by atoms with van der Waals surface area (Å²) in [4.78, 5) is 21.4. The zero-order valence-electron chi connectivity index (χ0n) is 7.28. The number of carbonyl (C=O) groups is 2. The molecule has 0 bridgehead atoms. The van der Waals surface area contributed by atoms with E-state index in [-0.39, 0.29) is 45.2 Å². The number of halogens is 2. The van der Waals surface area contributed by atoms with Crippen LogP contribution in [0.2, 0.25) is 10.0 Å². The molecule has 1 aromatic carbocycles. The summed E-state index contributed by atoms with van der Waals surface area (Å²) in [6, 6.07) is 3.92. The monoisotopic (exact) mass is 272 g/mol. The molecule has 82 valence electrons. The van der Waals surface area contributed by atoms with Crippen LogP contribution in [0.5, 0.6) is 0 Å². The maximum atomic E-state index is 10.7. The fraction of sp³-hybridized carbons (Fsp3) is 0.111. The number of hydrogen-bond acceptors (Lipinski definition) is 2. The summed E-state index contributed by atoms with van der Waals surface area (Å²) in [5.74, 6) is -4.57. The number of carboxylic acids is 2. The quantitative estimate of drug-likeness (QED) is 0.648. The van der Waals surface area contributed by atoms with Gasteiger partial charge in [0.1, 0.15) is 0 Å². The van der Waals surface area contributed by atoms with E-state index in [2.05, 4.69) is 0 Å². The van der Waals surface area contributed by atoms with Gasteiger partial charge in [-0.25, -0.2) is 0 Å². The number of benzene rings is 1. The van der Waals surface area contributed by atoms with Gasteiger partial charge in [-0.3, -0.25) is 9.59 Å². The molecule has 0 unspecified atom stereocenters. The molecule has 0 aliphatic heterocycles. The molecule has 16 heavy (non-hydrogen) atoms. The zero-order chi connectivity index (χ0) is 11.6. The van der Waals surface area contributed by atoms with Crippen LogP contribution in [0.4, 0.5) is 0 Å². The molecule has 1 rings (SSSR count). The van der Waals surface area contributed by atoms with Crippen LogP contribution in [0.1, 0.15) is 11.5 Å². The van der Waals surface area contributed by atoms with E-state index in [1.807, 2.05) is 0 Å². The van der Waals surface area contributed by atoms with Crippen molar-refractivity contribution in [3.63, 3.8) is 0 Å². The standard InChI is InChI=1S/C9H6Cl2O4.Na.H/c10-5-1-4(2-6(11)3-5)7(8(12)13)9(14)15;;/h1-3,7H,(H,12,13)(H,14,15);;. The predicted octanol–water partition coefficient (Wildman–Crippen LogP) is 1.60. The van der Waals surface area contributed by atoms with Crippen LogP contribution in [0.3, 0.4) is 0 Å². The van der Waals surface area contributed by atoms with Gasteiger partial charge in [-0.2, -0.15) is 0 Å². The second kappa shape index (κ2) is 6.47. The van der Waals surface area contributed by atoms with E-state index < -0.39 is 17.9 Å². The average Bonchev–Trinajstić information content (AvgIpc) is 1.99. The van der Waals surface area contributed by atoms with E-state index in [9.17, 15) is 9.59 Å². The van der Waals surface area contributed by atoms with Gasteiger partial charge in [0.15, 0.2) is 5.92 Å². The molecule has 0 aromatic heterocycles. The molecular weight excluding hydrogens is 266 g/mol. The van der Waals surface area contributed by atoms with E-state index in [0.717, 1.165) is 0 Å². The molecule has 1 aromatic rings. The van der Waals surface area contributed by atoms with Crippen LogP contribution in [0.15, 0.2) is 18.2 Å². The summed E-state index contributed by atoms with van der Waals surface area (Å²) in [6.45, 7) is 0. The summed E-state index contributed by atoms with van der Waals surface area (Å²) in [7, 11) is 0. The van der Waals surface area contributed by atoms with Gasteiger partial charge in [-0.05, 0) is 23.8 Å². The molecule has 0 fully saturated rings. The molecule has 0 spiro atoms. The molecule has 2 N–H and O–H groups in total. The SMILES string of the molecule is O=C(O)C(C(=O)O)c1cc(Cl)cc(Cl)c1.[NaH]. The Bertz CT molecular complexity index is 388. The van der Waals surface area contributed by atoms with Crippen LogP contribution in [-0.4, -0.2) is 51.7 Å². The molecular formula is C9H7Cl2NaO4. The van der Waals surface area contributed by atoms with Crippen molar-refractivity contribution in [1.82, 2.24) is 0 Å². The summed E-state index contributed by atoms with van der Waals surface area (Å²) in [6.07, 6.45) is 0. The van der Waals surface area contributed by atoms with Gasteiger partial charge >= 0.3 is 41.5 Å². The Morgan fingerprint density at radius 2 is 1.38 bits per heavy atom. The molecule has 0 atom stereocenters. The van der Waals surface area contributed by atoms with Crippen molar-refractivity contribution >= 4 is 64.7 Å². The zero-order valence-corrected chi connectivity index (χ0v) is 8.79. The maximum absolute atomic E-state index is 10.7. The van der Waals surface area contributed by atoms with Gasteiger partial charge in [0.2, 0.25) is 0 Å². The summed E-state index contributed by atoms with van der Waals surface area (Å²) >= 11 is 11.3. The third-order valence-electron chi connectivity index (χ3n) is 1.71. The first-order valence-electron chi connectivity index (χ1n) is 3.83. The number of carboxylic acid groups (broad SMARTS) is 2. The Balaban J connectivity index is 0.00000225. The fourth-order valence-corrected chi connectivity index (χ4v) is 1.68. The molecule has 0 amide bonds. The number of aliphatic carboxylic acids is 2. The average molecular weight is 273 g/mol. The van der Waals surface area contributed by atoms with Crippen molar-refractivity contribution in [2.75, 3.05) is 0 Å². The van der Waals surface area contributed by atoms with Crippen LogP contribution < -0.4 is 0 Å². The molecule has 7 heteroatoms. The van der Waals surface area contributed by atoms with Crippen LogP contribution in [0.25, 0.3) is 0 Å². The Morgan fingerprint density at radius 3 is 1.69 bits per heavy atom. The summed E-state index contributed by atoms with van der Waals surface area (Å²) < 4.78 is 0. The Hall–Kier alpha value is -0.260. The third kappa shape index (κ3) is 3.96. The molecule has 0 aliphatic rings. The van der Waals surface area contributed by atoms with Crippen LogP contribution in [0, 0.1) is 0 Å².